The van der Waals surface area contributed by atoms with Crippen LogP contribution in [0.2, 0.25) is 0 Å². The number of allylic oxidation sites excluding steroid dienone is 1. The second kappa shape index (κ2) is 15.1. The minimum atomic E-state index is -1.45. The first-order valence-electron chi connectivity index (χ1n) is 17.5. The Balaban J connectivity index is 1.44. The van der Waals surface area contributed by atoms with Gasteiger partial charge < -0.3 is 34.6 Å². The number of nitrogens with one attached hydrogen (secondary N) is 1. The van der Waals surface area contributed by atoms with E-state index in [9.17, 15) is 19.5 Å². The fraction of sp³-hybridized carbons (Fsp3) is 0.474. The lowest BCUT2D eigenvalue weighted by Gasteiger charge is -2.36. The van der Waals surface area contributed by atoms with Gasteiger partial charge >= 0.3 is 5.97 Å². The van der Waals surface area contributed by atoms with Crippen molar-refractivity contribution in [3.8, 4) is 0 Å². The quantitative estimate of drug-likeness (QED) is 0.303. The van der Waals surface area contributed by atoms with Gasteiger partial charge in [-0.15, -0.1) is 0 Å². The molecular formula is C38H45BrN4O7. The van der Waals surface area contributed by atoms with E-state index in [1.54, 1.807) is 17.9 Å². The van der Waals surface area contributed by atoms with Crippen molar-refractivity contribution < 1.29 is 33.8 Å². The van der Waals surface area contributed by atoms with Gasteiger partial charge in [-0.1, -0.05) is 58.4 Å². The van der Waals surface area contributed by atoms with Gasteiger partial charge in [-0.3, -0.25) is 19.2 Å². The maximum absolute atomic E-state index is 15.0. The maximum atomic E-state index is 15.0. The summed E-state index contributed by atoms with van der Waals surface area (Å²) in [5.74, 6) is -3.71. The Hall–Kier alpha value is -4.00. The molecule has 0 aromatic heterocycles. The summed E-state index contributed by atoms with van der Waals surface area (Å²) in [6.07, 6.45) is 4.69. The van der Waals surface area contributed by atoms with E-state index in [2.05, 4.69) is 40.0 Å². The number of esters is 1. The number of rotatable bonds is 8. The smallest absolute Gasteiger partial charge is 0.313 e. The normalized spacial score (nSPS) is 30.5. The Morgan fingerprint density at radius 3 is 2.38 bits per heavy atom. The van der Waals surface area contributed by atoms with Crippen LogP contribution in [0.15, 0.2) is 77.3 Å². The Kier molecular flexibility index (Phi) is 10.8. The largest absolute Gasteiger partial charge is 0.455 e. The number of hydrogen-bond acceptors (Lipinski definition) is 8. The lowest BCUT2D eigenvalue weighted by molar-refractivity contribution is -0.161. The van der Waals surface area contributed by atoms with Gasteiger partial charge in [0.1, 0.15) is 29.8 Å². The summed E-state index contributed by atoms with van der Waals surface area (Å²) in [4.78, 5) is 62.2. The number of anilines is 2. The SMILES string of the molecule is CCN(CC)c1ccc(N2C/C=C\CCC(=O)N[C@H](C)[C@@H](c3ccccc3)OC(=O)[C@@H]3[C@H]4O[C@@]5(C=C4Br)[C@H](C2=O)N(CCCO)C(=O)[C@@H]35)cc1. The van der Waals surface area contributed by atoms with E-state index >= 15 is 4.79 Å². The molecule has 0 saturated carbocycles. The zero-order chi connectivity index (χ0) is 35.6. The Morgan fingerprint density at radius 2 is 1.70 bits per heavy atom. The molecule has 12 heteroatoms. The Bertz CT molecular complexity index is 1650. The first kappa shape index (κ1) is 35.8. The molecule has 0 aliphatic carbocycles. The highest BCUT2D eigenvalue weighted by Crippen LogP contribution is 2.59. The molecule has 4 heterocycles. The van der Waals surface area contributed by atoms with Crippen molar-refractivity contribution in [2.45, 2.75) is 69.9 Å². The zero-order valence-corrected chi connectivity index (χ0v) is 30.3. The van der Waals surface area contributed by atoms with E-state index in [0.29, 0.717) is 22.2 Å². The first-order chi connectivity index (χ1) is 24.1. The van der Waals surface area contributed by atoms with E-state index in [-0.39, 0.29) is 44.4 Å². The molecule has 266 valence electrons. The van der Waals surface area contributed by atoms with Gasteiger partial charge in [-0.25, -0.2) is 0 Å². The highest BCUT2D eigenvalue weighted by Gasteiger charge is 2.75. The zero-order valence-electron chi connectivity index (χ0n) is 28.7. The van der Waals surface area contributed by atoms with Gasteiger partial charge in [0.15, 0.2) is 0 Å². The predicted molar refractivity (Wildman–Crippen MR) is 192 cm³/mol. The molecule has 6 rings (SSSR count). The molecule has 50 heavy (non-hydrogen) atoms. The van der Waals surface area contributed by atoms with Crippen molar-refractivity contribution >= 4 is 51.0 Å². The molecule has 5 bridgehead atoms. The fourth-order valence-corrected chi connectivity index (χ4v) is 8.60. The third kappa shape index (κ3) is 6.49. The van der Waals surface area contributed by atoms with Crippen molar-refractivity contribution in [2.75, 3.05) is 42.6 Å². The van der Waals surface area contributed by atoms with Crippen LogP contribution in [0.1, 0.15) is 51.7 Å². The number of benzene rings is 2. The summed E-state index contributed by atoms with van der Waals surface area (Å²) >= 11 is 3.61. The van der Waals surface area contributed by atoms with Crippen LogP contribution in [0, 0.1) is 11.8 Å². The Morgan fingerprint density at radius 1 is 0.980 bits per heavy atom. The molecule has 4 aliphatic rings. The third-order valence-electron chi connectivity index (χ3n) is 10.3. The summed E-state index contributed by atoms with van der Waals surface area (Å²) in [5, 5.41) is 12.8. The predicted octanol–water partition coefficient (Wildman–Crippen LogP) is 4.26. The van der Waals surface area contributed by atoms with Crippen LogP contribution in [0.25, 0.3) is 0 Å². The molecular weight excluding hydrogens is 704 g/mol. The van der Waals surface area contributed by atoms with Gasteiger partial charge in [0.05, 0.1) is 12.0 Å². The van der Waals surface area contributed by atoms with E-state index in [0.717, 1.165) is 18.8 Å². The topological polar surface area (TPSA) is 129 Å². The number of halogens is 1. The molecule has 2 aromatic carbocycles. The number of hydrogen-bond donors (Lipinski definition) is 2. The van der Waals surface area contributed by atoms with Crippen molar-refractivity contribution in [1.82, 2.24) is 10.2 Å². The number of ether oxygens (including phenoxy) is 2. The van der Waals surface area contributed by atoms with E-state index in [1.165, 1.54) is 4.90 Å². The maximum Gasteiger partial charge on any atom is 0.313 e. The molecule has 2 fully saturated rings. The second-order valence-corrected chi connectivity index (χ2v) is 14.1. The molecule has 4 aliphatic heterocycles. The number of nitrogens with zero attached hydrogens (tertiary/aromatic N) is 3. The molecule has 3 amide bonds. The first-order valence-corrected chi connectivity index (χ1v) is 18.3. The molecule has 0 radical (unpaired) electrons. The van der Waals surface area contributed by atoms with Crippen molar-refractivity contribution in [1.29, 1.82) is 0 Å². The minimum absolute atomic E-state index is 0.103. The summed E-state index contributed by atoms with van der Waals surface area (Å²) in [7, 11) is 0. The molecule has 1 spiro atoms. The van der Waals surface area contributed by atoms with Crippen LogP contribution in [-0.2, 0) is 28.7 Å². The number of aliphatic hydroxyl groups excluding tert-OH is 1. The van der Waals surface area contributed by atoms with Crippen molar-refractivity contribution in [2.24, 2.45) is 11.8 Å². The lowest BCUT2D eigenvalue weighted by Crippen LogP contribution is -2.56. The number of amides is 3. The number of aliphatic hydroxyl groups is 1. The average molecular weight is 750 g/mol. The standard InChI is InChI=1S/C38H45BrN4O7/c1-4-41(5-2)26-16-18-27(19-17-26)42-20-11-7-10-15-29(45)40-24(3)32(25-13-8-6-9-14-25)49-37(48)30-31-35(46)43(21-12-22-44)34(36(42)47)38(31)23-28(39)33(30)50-38/h6-9,11,13-14,16-19,23-24,30-34,44H,4-5,10,12,15,20-22H2,1-3H3,(H,40,45)/b11-7-/t24-,30+,31-,32+,33+,34+,38-/m1/s1. The third-order valence-corrected chi connectivity index (χ3v) is 10.9. The highest BCUT2D eigenvalue weighted by atomic mass is 79.9. The van der Waals surface area contributed by atoms with Crippen LogP contribution in [0.3, 0.4) is 0 Å². The van der Waals surface area contributed by atoms with Crippen LogP contribution < -0.4 is 15.1 Å². The average Bonchev–Trinajstić information content (AvgIpc) is 3.71. The van der Waals surface area contributed by atoms with Crippen molar-refractivity contribution in [3.05, 3.63) is 82.9 Å². The van der Waals surface area contributed by atoms with Crippen molar-refractivity contribution in [3.63, 3.8) is 0 Å². The van der Waals surface area contributed by atoms with Gasteiger partial charge in [-0.2, -0.15) is 0 Å². The van der Waals surface area contributed by atoms with Crippen LogP contribution in [0.4, 0.5) is 11.4 Å². The Labute approximate surface area is 301 Å². The summed E-state index contributed by atoms with van der Waals surface area (Å²) in [5.41, 5.74) is 0.895. The van der Waals surface area contributed by atoms with E-state index in [1.807, 2.05) is 66.7 Å². The molecule has 2 saturated heterocycles. The van der Waals surface area contributed by atoms with Crippen LogP contribution in [-0.4, -0.2) is 90.3 Å². The molecule has 2 N–H and O–H groups in total. The fourth-order valence-electron chi connectivity index (χ4n) is 7.87. The van der Waals surface area contributed by atoms with E-state index < -0.39 is 53.6 Å². The molecule has 2 aromatic rings. The highest BCUT2D eigenvalue weighted by molar-refractivity contribution is 9.11. The number of carbonyl (C=O) groups is 4. The number of fused-ring (bicyclic) bond motifs is 2. The molecule has 11 nitrogen and oxygen atoms in total. The monoisotopic (exact) mass is 748 g/mol. The number of carbonyl (C=O) groups excluding carboxylic acids is 4. The lowest BCUT2D eigenvalue weighted by atomic mass is 9.74. The minimum Gasteiger partial charge on any atom is -0.455 e. The molecule has 7 atom stereocenters. The molecule has 0 unspecified atom stereocenters. The van der Waals surface area contributed by atoms with Crippen LogP contribution in [0.5, 0.6) is 0 Å². The van der Waals surface area contributed by atoms with Crippen LogP contribution >= 0.6 is 15.9 Å². The van der Waals surface area contributed by atoms with Gasteiger partial charge in [0, 0.05) is 55.1 Å². The van der Waals surface area contributed by atoms with Gasteiger partial charge in [0.2, 0.25) is 11.8 Å². The van der Waals surface area contributed by atoms with E-state index in [4.69, 9.17) is 9.47 Å². The van der Waals surface area contributed by atoms with Gasteiger partial charge in [0.25, 0.3) is 5.91 Å². The number of likely N-dealkylation sites (tertiary alicyclic amines) is 1. The summed E-state index contributed by atoms with van der Waals surface area (Å²) in [6.45, 7) is 7.72. The second-order valence-electron chi connectivity index (χ2n) is 13.2. The summed E-state index contributed by atoms with van der Waals surface area (Å²) in [6, 6.07) is 15.2. The number of cyclic esters (lactones) is 1. The summed E-state index contributed by atoms with van der Waals surface area (Å²) < 4.78 is 13.4. The van der Waals surface area contributed by atoms with Gasteiger partial charge in [-0.05, 0) is 69.5 Å².